The Balaban J connectivity index is 1.76. The van der Waals surface area contributed by atoms with Crippen molar-refractivity contribution in [2.75, 3.05) is 18.1 Å². The third kappa shape index (κ3) is 7.65. The fourth-order valence-electron chi connectivity index (χ4n) is 3.84. The van der Waals surface area contributed by atoms with Gasteiger partial charge in [-0.3, -0.25) is 4.79 Å². The Morgan fingerprint density at radius 1 is 0.765 bits per heavy atom. The van der Waals surface area contributed by atoms with Crippen LogP contribution in [0.5, 0.6) is 5.75 Å². The van der Waals surface area contributed by atoms with Crippen LogP contribution < -0.4 is 9.64 Å². The first-order chi connectivity index (χ1) is 16.6. The molecule has 0 bridgehead atoms. The maximum Gasteiger partial charge on any atom is 0.306 e. The molecule has 0 aliphatic heterocycles. The zero-order chi connectivity index (χ0) is 24.2. The van der Waals surface area contributed by atoms with E-state index >= 15 is 0 Å². The van der Waals surface area contributed by atoms with Crippen LogP contribution in [0.1, 0.15) is 57.1 Å². The summed E-state index contributed by atoms with van der Waals surface area (Å²) < 4.78 is 11.0. The van der Waals surface area contributed by atoms with Crippen molar-refractivity contribution in [2.45, 2.75) is 59.3 Å². The van der Waals surface area contributed by atoms with Crippen LogP contribution in [0, 0.1) is 6.92 Å². The summed E-state index contributed by atoms with van der Waals surface area (Å²) in [4.78, 5) is 13.9. The first-order valence-electron chi connectivity index (χ1n) is 12.4. The molecule has 0 amide bonds. The Bertz CT molecular complexity index is 995. The zero-order valence-electron chi connectivity index (χ0n) is 20.8. The maximum absolute atomic E-state index is 11.7. The van der Waals surface area contributed by atoms with Gasteiger partial charge in [0.2, 0.25) is 0 Å². The SMILES string of the molecule is CCCCCCOc1ccc(N(c2ccc(C)cc2)c2ccc(CCC(=O)OCC)cc2)cc1. The monoisotopic (exact) mass is 459 g/mol. The van der Waals surface area contributed by atoms with Crippen molar-refractivity contribution in [3.8, 4) is 5.75 Å². The highest BCUT2D eigenvalue weighted by Crippen LogP contribution is 2.35. The molecular formula is C30H37NO3. The molecule has 4 heteroatoms. The van der Waals surface area contributed by atoms with Crippen LogP contribution in [-0.2, 0) is 16.0 Å². The Labute approximate surface area is 204 Å². The average Bonchev–Trinajstić information content (AvgIpc) is 2.86. The topological polar surface area (TPSA) is 38.8 Å². The molecule has 0 spiro atoms. The molecule has 34 heavy (non-hydrogen) atoms. The molecular weight excluding hydrogens is 422 g/mol. The number of benzene rings is 3. The number of unbranched alkanes of at least 4 members (excludes halogenated alkanes) is 3. The minimum absolute atomic E-state index is 0.152. The molecule has 0 unspecified atom stereocenters. The molecule has 3 aromatic rings. The molecule has 180 valence electrons. The van der Waals surface area contributed by atoms with Gasteiger partial charge in [-0.15, -0.1) is 0 Å². The van der Waals surface area contributed by atoms with Gasteiger partial charge in [-0.2, -0.15) is 0 Å². The minimum atomic E-state index is -0.152. The molecule has 3 aromatic carbocycles. The van der Waals surface area contributed by atoms with Crippen LogP contribution in [0.2, 0.25) is 0 Å². The summed E-state index contributed by atoms with van der Waals surface area (Å²) in [6, 6.07) is 25.2. The number of ether oxygens (including phenoxy) is 2. The molecule has 0 heterocycles. The summed E-state index contributed by atoms with van der Waals surface area (Å²) in [5.74, 6) is 0.749. The molecule has 0 aromatic heterocycles. The number of rotatable bonds is 13. The van der Waals surface area contributed by atoms with Gasteiger partial charge in [-0.25, -0.2) is 0 Å². The Kier molecular flexibility index (Phi) is 10.0. The number of esters is 1. The van der Waals surface area contributed by atoms with E-state index in [1.54, 1.807) is 0 Å². The highest BCUT2D eigenvalue weighted by molar-refractivity contribution is 5.77. The van der Waals surface area contributed by atoms with Crippen molar-refractivity contribution in [2.24, 2.45) is 0 Å². The van der Waals surface area contributed by atoms with Crippen LogP contribution >= 0.6 is 0 Å². The fraction of sp³-hybridized carbons (Fsp3) is 0.367. The number of anilines is 3. The molecule has 4 nitrogen and oxygen atoms in total. The Morgan fingerprint density at radius 3 is 1.94 bits per heavy atom. The standard InChI is InChI=1S/C30H37NO3/c1-4-6-7-8-23-34-29-20-18-28(19-21-29)31(26-14-9-24(3)10-15-26)27-16-11-25(12-17-27)13-22-30(32)33-5-2/h9-12,14-21H,4-8,13,22-23H2,1-3H3. The zero-order valence-corrected chi connectivity index (χ0v) is 20.8. The Hall–Kier alpha value is -3.27. The van der Waals surface area contributed by atoms with Gasteiger partial charge >= 0.3 is 5.97 Å². The van der Waals surface area contributed by atoms with Crippen molar-refractivity contribution in [3.63, 3.8) is 0 Å². The first-order valence-corrected chi connectivity index (χ1v) is 12.4. The van der Waals surface area contributed by atoms with E-state index in [2.05, 4.69) is 79.4 Å². The smallest absolute Gasteiger partial charge is 0.306 e. The van der Waals surface area contributed by atoms with Crippen molar-refractivity contribution >= 4 is 23.0 Å². The second-order valence-corrected chi connectivity index (χ2v) is 8.55. The lowest BCUT2D eigenvalue weighted by Crippen LogP contribution is -2.10. The van der Waals surface area contributed by atoms with E-state index in [1.807, 2.05) is 19.1 Å². The number of nitrogens with zero attached hydrogens (tertiary/aromatic N) is 1. The van der Waals surface area contributed by atoms with Crippen molar-refractivity contribution in [1.82, 2.24) is 0 Å². The van der Waals surface area contributed by atoms with E-state index in [9.17, 15) is 4.79 Å². The van der Waals surface area contributed by atoms with E-state index in [0.717, 1.165) is 41.4 Å². The lowest BCUT2D eigenvalue weighted by Gasteiger charge is -2.26. The van der Waals surface area contributed by atoms with E-state index in [0.29, 0.717) is 19.4 Å². The van der Waals surface area contributed by atoms with Crippen molar-refractivity contribution in [1.29, 1.82) is 0 Å². The third-order valence-electron chi connectivity index (χ3n) is 5.77. The molecule has 3 rings (SSSR count). The lowest BCUT2D eigenvalue weighted by atomic mass is 10.1. The summed E-state index contributed by atoms with van der Waals surface area (Å²) >= 11 is 0. The molecule has 0 aliphatic rings. The van der Waals surface area contributed by atoms with Gasteiger partial charge in [0.15, 0.2) is 0 Å². The van der Waals surface area contributed by atoms with Gasteiger partial charge in [0.25, 0.3) is 0 Å². The predicted molar refractivity (Wildman–Crippen MR) is 140 cm³/mol. The summed E-state index contributed by atoms with van der Waals surface area (Å²) in [7, 11) is 0. The number of hydrogen-bond acceptors (Lipinski definition) is 4. The minimum Gasteiger partial charge on any atom is -0.494 e. The van der Waals surface area contributed by atoms with E-state index in [-0.39, 0.29) is 5.97 Å². The highest BCUT2D eigenvalue weighted by Gasteiger charge is 2.13. The molecule has 0 atom stereocenters. The van der Waals surface area contributed by atoms with Crippen molar-refractivity contribution in [3.05, 3.63) is 83.9 Å². The Morgan fingerprint density at radius 2 is 1.35 bits per heavy atom. The average molecular weight is 460 g/mol. The van der Waals surface area contributed by atoms with Crippen LogP contribution in [0.4, 0.5) is 17.1 Å². The summed E-state index contributed by atoms with van der Waals surface area (Å²) in [6.45, 7) is 7.33. The van der Waals surface area contributed by atoms with Crippen molar-refractivity contribution < 1.29 is 14.3 Å². The molecule has 0 radical (unpaired) electrons. The molecule has 0 N–H and O–H groups in total. The first kappa shape index (κ1) is 25.4. The quantitative estimate of drug-likeness (QED) is 0.192. The second kappa shape index (κ2) is 13.4. The molecule has 0 saturated carbocycles. The molecule has 0 aliphatic carbocycles. The number of carbonyl (C=O) groups excluding carboxylic acids is 1. The predicted octanol–water partition coefficient (Wildman–Crippen LogP) is 7.92. The normalized spacial score (nSPS) is 10.7. The maximum atomic E-state index is 11.7. The summed E-state index contributed by atoms with van der Waals surface area (Å²) in [5, 5.41) is 0. The highest BCUT2D eigenvalue weighted by atomic mass is 16.5. The number of carbonyl (C=O) groups is 1. The molecule has 0 fully saturated rings. The third-order valence-corrected chi connectivity index (χ3v) is 5.77. The van der Waals surface area contributed by atoms with Crippen LogP contribution in [0.25, 0.3) is 0 Å². The lowest BCUT2D eigenvalue weighted by molar-refractivity contribution is -0.143. The largest absolute Gasteiger partial charge is 0.494 e. The van der Waals surface area contributed by atoms with Crippen LogP contribution in [0.3, 0.4) is 0 Å². The molecule has 0 saturated heterocycles. The summed E-state index contributed by atoms with van der Waals surface area (Å²) in [6.07, 6.45) is 5.87. The van der Waals surface area contributed by atoms with E-state index in [4.69, 9.17) is 9.47 Å². The van der Waals surface area contributed by atoms with Crippen LogP contribution in [-0.4, -0.2) is 19.2 Å². The second-order valence-electron chi connectivity index (χ2n) is 8.55. The van der Waals surface area contributed by atoms with E-state index < -0.39 is 0 Å². The number of aryl methyl sites for hydroxylation is 2. The van der Waals surface area contributed by atoms with Gasteiger partial charge in [-0.1, -0.05) is 56.0 Å². The van der Waals surface area contributed by atoms with Gasteiger partial charge in [0, 0.05) is 23.5 Å². The van der Waals surface area contributed by atoms with Gasteiger partial charge < -0.3 is 14.4 Å². The van der Waals surface area contributed by atoms with E-state index in [1.165, 1.54) is 24.8 Å². The fourth-order valence-corrected chi connectivity index (χ4v) is 3.84. The van der Waals surface area contributed by atoms with Gasteiger partial charge in [0.1, 0.15) is 5.75 Å². The number of hydrogen-bond donors (Lipinski definition) is 0. The van der Waals surface area contributed by atoms with Gasteiger partial charge in [0.05, 0.1) is 13.2 Å². The van der Waals surface area contributed by atoms with Crippen LogP contribution in [0.15, 0.2) is 72.8 Å². The summed E-state index contributed by atoms with van der Waals surface area (Å²) in [5.41, 5.74) is 5.58. The van der Waals surface area contributed by atoms with Gasteiger partial charge in [-0.05, 0) is 80.8 Å².